The van der Waals surface area contributed by atoms with Crippen LogP contribution < -0.4 is 11.2 Å². The monoisotopic (exact) mass is 388 g/mol. The number of thioether (sulfide) groups is 1. The van der Waals surface area contributed by atoms with Crippen LogP contribution in [0.4, 0.5) is 0 Å². The highest BCUT2D eigenvalue weighted by Gasteiger charge is 2.29. The van der Waals surface area contributed by atoms with Crippen LogP contribution in [0.25, 0.3) is 11.0 Å². The van der Waals surface area contributed by atoms with Gasteiger partial charge in [0.2, 0.25) is 0 Å². The van der Waals surface area contributed by atoms with Crippen molar-refractivity contribution in [1.82, 2.24) is 19.1 Å². The zero-order valence-electron chi connectivity index (χ0n) is 14.4. The largest absolute Gasteiger partial charge is 0.332 e. The van der Waals surface area contributed by atoms with Crippen molar-refractivity contribution in [2.45, 2.75) is 29.5 Å². The molecule has 0 spiro atoms. The van der Waals surface area contributed by atoms with Gasteiger partial charge in [-0.25, -0.2) is 14.8 Å². The average molecular weight is 389 g/mol. The Morgan fingerprint density at radius 3 is 2.65 bits per heavy atom. The Morgan fingerprint density at radius 2 is 1.96 bits per heavy atom. The summed E-state index contributed by atoms with van der Waals surface area (Å²) < 4.78 is 2.53. The van der Waals surface area contributed by atoms with Crippen LogP contribution in [0.15, 0.2) is 38.9 Å². The molecule has 1 saturated carbocycles. The van der Waals surface area contributed by atoms with Crippen molar-refractivity contribution in [2.75, 3.05) is 0 Å². The van der Waals surface area contributed by atoms with Crippen LogP contribution in [0.1, 0.15) is 30.1 Å². The predicted molar refractivity (Wildman–Crippen MR) is 103 cm³/mol. The Hall–Kier alpha value is -2.12. The molecule has 0 saturated heterocycles. The van der Waals surface area contributed by atoms with Crippen LogP contribution in [0.2, 0.25) is 5.02 Å². The van der Waals surface area contributed by atoms with Gasteiger partial charge in [0.25, 0.3) is 5.56 Å². The Balaban J connectivity index is 1.86. The summed E-state index contributed by atoms with van der Waals surface area (Å²) >= 11 is 7.52. The third-order valence-corrected chi connectivity index (χ3v) is 5.77. The molecule has 0 N–H and O–H groups in total. The molecule has 0 unspecified atom stereocenters. The van der Waals surface area contributed by atoms with Crippen molar-refractivity contribution in [1.29, 1.82) is 0 Å². The molecule has 0 aliphatic heterocycles. The lowest BCUT2D eigenvalue weighted by Gasteiger charge is -2.11. The molecule has 1 fully saturated rings. The number of rotatable bonds is 4. The van der Waals surface area contributed by atoms with E-state index in [1.165, 1.54) is 23.4 Å². The molecule has 4 rings (SSSR count). The van der Waals surface area contributed by atoms with Gasteiger partial charge in [-0.2, -0.15) is 0 Å². The van der Waals surface area contributed by atoms with Crippen LogP contribution in [0, 0.1) is 0 Å². The highest BCUT2D eigenvalue weighted by Crippen LogP contribution is 2.39. The van der Waals surface area contributed by atoms with E-state index in [2.05, 4.69) is 9.97 Å². The standard InChI is InChI=1S/C18H17ClN4O2S/c1-22-15-13(17(24)23(2)18(22)25)16(21-14(20-15)11-6-7-11)26-9-10-4-3-5-12(19)8-10/h3-5,8,11H,6-7,9H2,1-2H3. The first-order chi connectivity index (χ1) is 12.5. The molecule has 134 valence electrons. The molecule has 1 aromatic carbocycles. The number of halogens is 1. The van der Waals surface area contributed by atoms with Gasteiger partial charge in [0.05, 0.1) is 0 Å². The normalized spacial score (nSPS) is 14.1. The molecule has 0 radical (unpaired) electrons. The second kappa shape index (κ2) is 6.55. The molecule has 1 aliphatic carbocycles. The molecule has 26 heavy (non-hydrogen) atoms. The van der Waals surface area contributed by atoms with E-state index in [4.69, 9.17) is 11.6 Å². The van der Waals surface area contributed by atoms with Gasteiger partial charge in [-0.05, 0) is 30.5 Å². The number of hydrogen-bond acceptors (Lipinski definition) is 5. The van der Waals surface area contributed by atoms with Crippen LogP contribution in [0.5, 0.6) is 0 Å². The first kappa shape index (κ1) is 17.3. The maximum Gasteiger partial charge on any atom is 0.332 e. The summed E-state index contributed by atoms with van der Waals surface area (Å²) in [6.45, 7) is 0. The second-order valence-corrected chi connectivity index (χ2v) is 7.88. The van der Waals surface area contributed by atoms with E-state index in [1.54, 1.807) is 7.05 Å². The quantitative estimate of drug-likeness (QED) is 0.507. The molecule has 8 heteroatoms. The van der Waals surface area contributed by atoms with Crippen molar-refractivity contribution in [3.8, 4) is 0 Å². The molecule has 6 nitrogen and oxygen atoms in total. The smallest absolute Gasteiger partial charge is 0.280 e. The van der Waals surface area contributed by atoms with Crippen molar-refractivity contribution in [3.05, 3.63) is 61.5 Å². The third-order valence-electron chi connectivity index (χ3n) is 4.49. The molecule has 0 atom stereocenters. The molecule has 2 heterocycles. The molecular weight excluding hydrogens is 372 g/mol. The molecule has 3 aromatic rings. The predicted octanol–water partition coefficient (Wildman–Crippen LogP) is 2.85. The first-order valence-electron chi connectivity index (χ1n) is 8.30. The number of aryl methyl sites for hydroxylation is 1. The lowest BCUT2D eigenvalue weighted by molar-refractivity contribution is 0.698. The highest BCUT2D eigenvalue weighted by atomic mass is 35.5. The van der Waals surface area contributed by atoms with Gasteiger partial charge in [0, 0.05) is 30.8 Å². The minimum Gasteiger partial charge on any atom is -0.280 e. The lowest BCUT2D eigenvalue weighted by atomic mass is 10.2. The Labute approximate surface area is 158 Å². The fourth-order valence-electron chi connectivity index (χ4n) is 2.85. The van der Waals surface area contributed by atoms with Crippen LogP contribution in [-0.2, 0) is 19.8 Å². The maximum absolute atomic E-state index is 12.7. The first-order valence-corrected chi connectivity index (χ1v) is 9.67. The van der Waals surface area contributed by atoms with Crippen LogP contribution in [-0.4, -0.2) is 19.1 Å². The third kappa shape index (κ3) is 3.05. The molecular formula is C18H17ClN4O2S. The van der Waals surface area contributed by atoms with Gasteiger partial charge in [-0.3, -0.25) is 13.9 Å². The maximum atomic E-state index is 12.7. The number of nitrogens with zero attached hydrogens (tertiary/aromatic N) is 4. The molecule has 2 aromatic heterocycles. The van der Waals surface area contributed by atoms with Crippen molar-refractivity contribution >= 4 is 34.4 Å². The van der Waals surface area contributed by atoms with Crippen LogP contribution in [0.3, 0.4) is 0 Å². The summed E-state index contributed by atoms with van der Waals surface area (Å²) in [5, 5.41) is 1.69. The Kier molecular flexibility index (Phi) is 4.36. The SMILES string of the molecule is Cn1c(=O)c2c(SCc3cccc(Cl)c3)nc(C3CC3)nc2n(C)c1=O. The number of fused-ring (bicyclic) bond motifs is 1. The second-order valence-electron chi connectivity index (χ2n) is 6.48. The summed E-state index contributed by atoms with van der Waals surface area (Å²) in [5.41, 5.74) is 0.709. The van der Waals surface area contributed by atoms with E-state index >= 15 is 0 Å². The Morgan fingerprint density at radius 1 is 1.19 bits per heavy atom. The molecule has 0 bridgehead atoms. The van der Waals surface area contributed by atoms with Gasteiger partial charge in [0.1, 0.15) is 16.2 Å². The Bertz CT molecular complexity index is 1130. The van der Waals surface area contributed by atoms with Gasteiger partial charge < -0.3 is 0 Å². The van der Waals surface area contributed by atoms with E-state index in [0.717, 1.165) is 23.0 Å². The fourth-order valence-corrected chi connectivity index (χ4v) is 4.03. The zero-order valence-corrected chi connectivity index (χ0v) is 16.0. The minimum absolute atomic E-state index is 0.323. The summed E-state index contributed by atoms with van der Waals surface area (Å²) in [5.74, 6) is 1.67. The average Bonchev–Trinajstić information content (AvgIpc) is 3.47. The lowest BCUT2D eigenvalue weighted by Crippen LogP contribution is -2.37. The van der Waals surface area contributed by atoms with Gasteiger partial charge in [-0.1, -0.05) is 23.7 Å². The summed E-state index contributed by atoms with van der Waals surface area (Å²) in [7, 11) is 3.11. The number of aromatic nitrogens is 4. The summed E-state index contributed by atoms with van der Waals surface area (Å²) in [4.78, 5) is 34.2. The number of hydrogen-bond donors (Lipinski definition) is 0. The van der Waals surface area contributed by atoms with Gasteiger partial charge in [-0.15, -0.1) is 11.8 Å². The van der Waals surface area contributed by atoms with Gasteiger partial charge in [0.15, 0.2) is 5.65 Å². The van der Waals surface area contributed by atoms with E-state index in [1.807, 2.05) is 24.3 Å². The zero-order chi connectivity index (χ0) is 18.4. The van der Waals surface area contributed by atoms with Crippen molar-refractivity contribution < 1.29 is 0 Å². The summed E-state index contributed by atoms with van der Waals surface area (Å²) in [6, 6.07) is 7.60. The highest BCUT2D eigenvalue weighted by molar-refractivity contribution is 7.98. The van der Waals surface area contributed by atoms with E-state index in [0.29, 0.717) is 38.6 Å². The topological polar surface area (TPSA) is 69.8 Å². The van der Waals surface area contributed by atoms with E-state index < -0.39 is 0 Å². The summed E-state index contributed by atoms with van der Waals surface area (Å²) in [6.07, 6.45) is 2.09. The van der Waals surface area contributed by atoms with E-state index in [9.17, 15) is 9.59 Å². The van der Waals surface area contributed by atoms with Crippen LogP contribution >= 0.6 is 23.4 Å². The van der Waals surface area contributed by atoms with E-state index in [-0.39, 0.29) is 11.2 Å². The molecule has 0 amide bonds. The minimum atomic E-state index is -0.381. The van der Waals surface area contributed by atoms with Crippen molar-refractivity contribution in [2.24, 2.45) is 14.1 Å². The molecule has 1 aliphatic rings. The van der Waals surface area contributed by atoms with Crippen molar-refractivity contribution in [3.63, 3.8) is 0 Å². The van der Waals surface area contributed by atoms with Gasteiger partial charge >= 0.3 is 5.69 Å². The number of benzene rings is 1. The fraction of sp³-hybridized carbons (Fsp3) is 0.333.